The average Bonchev–Trinajstić information content (AvgIpc) is 3.40. The van der Waals surface area contributed by atoms with E-state index in [0.29, 0.717) is 13.0 Å². The van der Waals surface area contributed by atoms with Crippen molar-refractivity contribution in [3.63, 3.8) is 0 Å². The Morgan fingerprint density at radius 1 is 1.03 bits per heavy atom. The van der Waals surface area contributed by atoms with Gasteiger partial charge in [0.2, 0.25) is 0 Å². The lowest BCUT2D eigenvalue weighted by molar-refractivity contribution is 0.325. The summed E-state index contributed by atoms with van der Waals surface area (Å²) in [6.07, 6.45) is 8.05. The number of nitrogens with one attached hydrogen (secondary N) is 1. The van der Waals surface area contributed by atoms with E-state index < -0.39 is 0 Å². The van der Waals surface area contributed by atoms with Gasteiger partial charge in [0, 0.05) is 54.2 Å². The van der Waals surface area contributed by atoms with Crippen LogP contribution in [0, 0.1) is 6.92 Å². The Morgan fingerprint density at radius 3 is 2.82 bits per heavy atom. The smallest absolute Gasteiger partial charge is 0.196 e. The van der Waals surface area contributed by atoms with Gasteiger partial charge in [-0.2, -0.15) is 0 Å². The number of imidazole rings is 1. The van der Waals surface area contributed by atoms with Gasteiger partial charge in [-0.15, -0.1) is 0 Å². The number of aromatic hydroxyl groups is 1. The predicted octanol–water partition coefficient (Wildman–Crippen LogP) is 4.92. The van der Waals surface area contributed by atoms with Crippen LogP contribution in [0.25, 0.3) is 27.8 Å². The molecule has 0 bridgehead atoms. The molecule has 1 aromatic carbocycles. The lowest BCUT2D eigenvalue weighted by atomic mass is 10.1. The fourth-order valence-corrected chi connectivity index (χ4v) is 4.64. The van der Waals surface area contributed by atoms with Crippen LogP contribution in [0.5, 0.6) is 11.6 Å². The van der Waals surface area contributed by atoms with Gasteiger partial charge in [0.1, 0.15) is 17.4 Å². The summed E-state index contributed by atoms with van der Waals surface area (Å²) in [6.45, 7) is 5.38. The first-order valence-electron chi connectivity index (χ1n) is 11.3. The van der Waals surface area contributed by atoms with Gasteiger partial charge in [0.25, 0.3) is 0 Å². The van der Waals surface area contributed by atoms with E-state index in [1.54, 1.807) is 6.20 Å². The molecule has 1 aliphatic heterocycles. The second-order valence-corrected chi connectivity index (χ2v) is 8.32. The molecule has 0 atom stereocenters. The standard InChI is InChI=1S/C26H24N6O2/c1-3-31-23-19(24-28-13-16(2)32(24)21-7-5-10-27-25(21)31)12-17(14-29-23)9-11-34-22-8-4-6-18-20(22)15-30-26(18)33/h4-8,10,12-15,30,33H,3,9,11H2,1-2H3. The van der Waals surface area contributed by atoms with Gasteiger partial charge in [-0.25, -0.2) is 15.0 Å². The maximum absolute atomic E-state index is 9.93. The number of aryl methyl sites for hydroxylation is 1. The summed E-state index contributed by atoms with van der Waals surface area (Å²) >= 11 is 0. The lowest BCUT2D eigenvalue weighted by Crippen LogP contribution is -2.20. The number of aromatic nitrogens is 5. The zero-order valence-electron chi connectivity index (χ0n) is 19.0. The molecule has 0 spiro atoms. The number of rotatable bonds is 5. The van der Waals surface area contributed by atoms with Crippen molar-refractivity contribution < 1.29 is 9.84 Å². The molecule has 8 nitrogen and oxygen atoms in total. The highest BCUT2D eigenvalue weighted by Crippen LogP contribution is 2.41. The summed E-state index contributed by atoms with van der Waals surface area (Å²) in [7, 11) is 0. The molecule has 0 aliphatic carbocycles. The van der Waals surface area contributed by atoms with Crippen molar-refractivity contribution in [1.29, 1.82) is 0 Å². The summed E-state index contributed by atoms with van der Waals surface area (Å²) in [6, 6.07) is 11.8. The summed E-state index contributed by atoms with van der Waals surface area (Å²) in [5.74, 6) is 3.47. The molecule has 0 amide bonds. The van der Waals surface area contributed by atoms with Crippen molar-refractivity contribution >= 4 is 22.4 Å². The Labute approximate surface area is 196 Å². The molecule has 0 unspecified atom stereocenters. The second kappa shape index (κ2) is 7.91. The van der Waals surface area contributed by atoms with Crippen LogP contribution in [0.15, 0.2) is 61.2 Å². The molecule has 2 N–H and O–H groups in total. The summed E-state index contributed by atoms with van der Waals surface area (Å²) < 4.78 is 8.22. The number of hydrogen-bond acceptors (Lipinski definition) is 6. The maximum atomic E-state index is 9.93. The van der Waals surface area contributed by atoms with E-state index in [1.165, 1.54) is 0 Å². The second-order valence-electron chi connectivity index (χ2n) is 8.32. The molecule has 5 aromatic rings. The number of benzene rings is 1. The van der Waals surface area contributed by atoms with Crippen molar-refractivity contribution in [3.8, 4) is 28.7 Å². The predicted molar refractivity (Wildman–Crippen MR) is 131 cm³/mol. The topological polar surface area (TPSA) is 92.1 Å². The van der Waals surface area contributed by atoms with E-state index in [1.807, 2.05) is 42.9 Å². The number of aromatic amines is 1. The highest BCUT2D eigenvalue weighted by atomic mass is 16.5. The Kier molecular flexibility index (Phi) is 4.72. The number of ether oxygens (including phenoxy) is 1. The highest BCUT2D eigenvalue weighted by Gasteiger charge is 2.28. The molecule has 34 heavy (non-hydrogen) atoms. The first-order valence-corrected chi connectivity index (χ1v) is 11.3. The van der Waals surface area contributed by atoms with Gasteiger partial charge in [-0.05, 0) is 49.7 Å². The average molecular weight is 453 g/mol. The zero-order chi connectivity index (χ0) is 23.2. The van der Waals surface area contributed by atoms with Crippen molar-refractivity contribution in [1.82, 2.24) is 24.5 Å². The SMILES string of the molecule is CCN1c2ncc(CCOc3cccc4c(O)[nH]cc34)cc2-c2ncc(C)n2-c2cccnc21. The third kappa shape index (κ3) is 3.10. The molecule has 170 valence electrons. The van der Waals surface area contributed by atoms with E-state index in [2.05, 4.69) is 45.4 Å². The Bertz CT molecular complexity index is 1520. The third-order valence-electron chi connectivity index (χ3n) is 6.26. The number of fused-ring (bicyclic) bond motifs is 6. The molecule has 8 heteroatoms. The molecule has 0 radical (unpaired) electrons. The minimum Gasteiger partial charge on any atom is -0.494 e. The summed E-state index contributed by atoms with van der Waals surface area (Å²) in [5.41, 5.74) is 4.08. The molecule has 4 aromatic heterocycles. The zero-order valence-corrected chi connectivity index (χ0v) is 19.0. The van der Waals surface area contributed by atoms with Crippen molar-refractivity contribution in [3.05, 3.63) is 72.4 Å². The van der Waals surface area contributed by atoms with Gasteiger partial charge in [-0.1, -0.05) is 6.07 Å². The molecule has 0 saturated carbocycles. The minimum absolute atomic E-state index is 0.150. The minimum atomic E-state index is 0.150. The number of nitrogens with zero attached hydrogens (tertiary/aromatic N) is 5. The van der Waals surface area contributed by atoms with Gasteiger partial charge >= 0.3 is 0 Å². The Morgan fingerprint density at radius 2 is 1.94 bits per heavy atom. The van der Waals surface area contributed by atoms with Gasteiger partial charge in [-0.3, -0.25) is 4.57 Å². The first-order chi connectivity index (χ1) is 16.7. The maximum Gasteiger partial charge on any atom is 0.196 e. The van der Waals surface area contributed by atoms with Gasteiger partial charge < -0.3 is 19.7 Å². The van der Waals surface area contributed by atoms with Gasteiger partial charge in [0.05, 0.1) is 17.9 Å². The molecule has 0 fully saturated rings. The molecule has 6 rings (SSSR count). The highest BCUT2D eigenvalue weighted by molar-refractivity contribution is 5.92. The fourth-order valence-electron chi connectivity index (χ4n) is 4.64. The fraction of sp³-hybridized carbons (Fsp3) is 0.192. The van der Waals surface area contributed by atoms with Crippen LogP contribution in [0.4, 0.5) is 11.6 Å². The van der Waals surface area contributed by atoms with Crippen LogP contribution in [0.3, 0.4) is 0 Å². The Balaban J connectivity index is 1.34. The first kappa shape index (κ1) is 20.3. The molecule has 5 heterocycles. The normalized spacial score (nSPS) is 12.2. The van der Waals surface area contributed by atoms with Crippen molar-refractivity contribution in [2.24, 2.45) is 0 Å². The molecular formula is C26H24N6O2. The van der Waals surface area contributed by atoms with Crippen LogP contribution < -0.4 is 9.64 Å². The number of pyridine rings is 2. The van der Waals surface area contributed by atoms with E-state index in [0.717, 1.165) is 63.0 Å². The lowest BCUT2D eigenvalue weighted by Gasteiger charge is -2.22. The Hall–Kier alpha value is -4.33. The largest absolute Gasteiger partial charge is 0.494 e. The van der Waals surface area contributed by atoms with E-state index in [-0.39, 0.29) is 5.88 Å². The number of anilines is 2. The number of hydrogen-bond donors (Lipinski definition) is 2. The van der Waals surface area contributed by atoms with Crippen molar-refractivity contribution in [2.45, 2.75) is 20.3 Å². The van der Waals surface area contributed by atoms with E-state index in [4.69, 9.17) is 14.7 Å². The molecular weight excluding hydrogens is 428 g/mol. The van der Waals surface area contributed by atoms with Crippen LogP contribution >= 0.6 is 0 Å². The van der Waals surface area contributed by atoms with Crippen LogP contribution in [0.1, 0.15) is 18.2 Å². The molecule has 0 saturated heterocycles. The van der Waals surface area contributed by atoms with Crippen molar-refractivity contribution in [2.75, 3.05) is 18.1 Å². The number of H-pyrrole nitrogens is 1. The quantitative estimate of drug-likeness (QED) is 0.393. The van der Waals surface area contributed by atoms with Crippen LogP contribution in [-0.2, 0) is 6.42 Å². The molecule has 1 aliphatic rings. The van der Waals surface area contributed by atoms with Crippen LogP contribution in [-0.4, -0.2) is 42.8 Å². The third-order valence-corrected chi connectivity index (χ3v) is 6.26. The van der Waals surface area contributed by atoms with E-state index >= 15 is 0 Å². The summed E-state index contributed by atoms with van der Waals surface area (Å²) in [5, 5.41) is 11.5. The monoisotopic (exact) mass is 452 g/mol. The van der Waals surface area contributed by atoms with E-state index in [9.17, 15) is 5.11 Å². The van der Waals surface area contributed by atoms with Gasteiger partial charge in [0.15, 0.2) is 11.7 Å². The van der Waals surface area contributed by atoms with Crippen LogP contribution in [0.2, 0.25) is 0 Å². The summed E-state index contributed by atoms with van der Waals surface area (Å²) in [4.78, 5) is 19.3.